The number of piperidine rings is 1. The molecule has 2 bridgehead atoms. The molecule has 0 spiro atoms. The van der Waals surface area contributed by atoms with E-state index < -0.39 is 0 Å². The van der Waals surface area contributed by atoms with Gasteiger partial charge in [-0.05, 0) is 48.1 Å². The van der Waals surface area contributed by atoms with Gasteiger partial charge in [-0.3, -0.25) is 0 Å². The Morgan fingerprint density at radius 1 is 1.28 bits per heavy atom. The van der Waals surface area contributed by atoms with E-state index in [4.69, 9.17) is 4.74 Å². The summed E-state index contributed by atoms with van der Waals surface area (Å²) in [5.74, 6) is 0.982. The molecular weight excluding hydrogens is 222 g/mol. The second kappa shape index (κ2) is 3.74. The summed E-state index contributed by atoms with van der Waals surface area (Å²) in [7, 11) is 1.75. The van der Waals surface area contributed by atoms with Gasteiger partial charge in [0.1, 0.15) is 5.75 Å². The van der Waals surface area contributed by atoms with Crippen LogP contribution in [-0.2, 0) is 11.8 Å². The average molecular weight is 245 g/mol. The molecule has 0 amide bonds. The molecule has 3 rings (SSSR count). The third kappa shape index (κ3) is 1.38. The molecule has 0 saturated carbocycles. The van der Waals surface area contributed by atoms with Crippen molar-refractivity contribution in [3.63, 3.8) is 0 Å². The highest BCUT2D eigenvalue weighted by molar-refractivity contribution is 5.45. The van der Waals surface area contributed by atoms with Crippen LogP contribution in [0.4, 0.5) is 0 Å². The predicted molar refractivity (Wildman–Crippen MR) is 74.2 cm³/mol. The molecule has 0 aromatic heterocycles. The Kier molecular flexibility index (Phi) is 2.50. The summed E-state index contributed by atoms with van der Waals surface area (Å²) in [6.07, 6.45) is 2.34. The Balaban J connectivity index is 2.17. The van der Waals surface area contributed by atoms with Crippen LogP contribution in [0.3, 0.4) is 0 Å². The minimum atomic E-state index is 0.281. The topological polar surface area (TPSA) is 21.3 Å². The Labute approximate surface area is 110 Å². The molecule has 1 fully saturated rings. The number of nitrogens with one attached hydrogen (secondary N) is 1. The van der Waals surface area contributed by atoms with Crippen molar-refractivity contribution in [1.82, 2.24) is 5.32 Å². The zero-order chi connectivity index (χ0) is 13.0. The van der Waals surface area contributed by atoms with E-state index in [2.05, 4.69) is 44.3 Å². The standard InChI is InChI=1S/C16H23NO/c1-15(2)14-10-11-9-12(18-4)5-6-13(11)16(15,3)7-8-17-14/h5-6,9,14,17H,7-8,10H2,1-4H3/t14-,16+/m1/s1. The summed E-state index contributed by atoms with van der Waals surface area (Å²) in [6.45, 7) is 8.40. The Bertz CT molecular complexity index is 480. The highest BCUT2D eigenvalue weighted by atomic mass is 16.5. The van der Waals surface area contributed by atoms with Crippen molar-refractivity contribution in [3.8, 4) is 5.75 Å². The molecule has 1 heterocycles. The van der Waals surface area contributed by atoms with Crippen LogP contribution in [0.25, 0.3) is 0 Å². The van der Waals surface area contributed by atoms with E-state index in [9.17, 15) is 0 Å². The second-order valence-electron chi connectivity index (χ2n) is 6.54. The normalized spacial score (nSPS) is 32.8. The largest absolute Gasteiger partial charge is 0.497 e. The van der Waals surface area contributed by atoms with Crippen molar-refractivity contribution in [2.75, 3.05) is 13.7 Å². The molecule has 1 N–H and O–H groups in total. The van der Waals surface area contributed by atoms with Crippen molar-refractivity contribution < 1.29 is 4.74 Å². The van der Waals surface area contributed by atoms with Crippen LogP contribution < -0.4 is 10.1 Å². The van der Waals surface area contributed by atoms with E-state index in [1.54, 1.807) is 7.11 Å². The number of ether oxygens (including phenoxy) is 1. The van der Waals surface area contributed by atoms with Crippen LogP contribution in [0.2, 0.25) is 0 Å². The molecular formula is C16H23NO. The first-order chi connectivity index (χ1) is 8.49. The highest BCUT2D eigenvalue weighted by Crippen LogP contribution is 2.53. The van der Waals surface area contributed by atoms with Crippen molar-refractivity contribution in [3.05, 3.63) is 29.3 Å². The van der Waals surface area contributed by atoms with Crippen molar-refractivity contribution in [2.45, 2.75) is 45.1 Å². The van der Waals surface area contributed by atoms with Gasteiger partial charge >= 0.3 is 0 Å². The molecule has 1 aromatic carbocycles. The smallest absolute Gasteiger partial charge is 0.119 e. The first-order valence-corrected chi connectivity index (χ1v) is 6.90. The molecule has 1 aromatic rings. The van der Waals surface area contributed by atoms with Crippen LogP contribution in [0, 0.1) is 5.41 Å². The number of hydrogen-bond acceptors (Lipinski definition) is 2. The van der Waals surface area contributed by atoms with Crippen LogP contribution in [0.5, 0.6) is 5.75 Å². The zero-order valence-electron chi connectivity index (χ0n) is 11.8. The number of rotatable bonds is 1. The lowest BCUT2D eigenvalue weighted by atomic mass is 9.51. The van der Waals surface area contributed by atoms with Gasteiger partial charge in [0.15, 0.2) is 0 Å². The van der Waals surface area contributed by atoms with Crippen molar-refractivity contribution in [2.24, 2.45) is 5.41 Å². The fourth-order valence-corrected chi connectivity index (χ4v) is 3.89. The minimum Gasteiger partial charge on any atom is -0.497 e. The van der Waals surface area contributed by atoms with E-state index in [-0.39, 0.29) is 5.41 Å². The molecule has 98 valence electrons. The molecule has 1 aliphatic heterocycles. The Morgan fingerprint density at radius 2 is 2.06 bits per heavy atom. The SMILES string of the molecule is COc1ccc2c(c1)C[C@H]1NCC[C@]2(C)C1(C)C. The average Bonchev–Trinajstić information content (AvgIpc) is 2.33. The fourth-order valence-electron chi connectivity index (χ4n) is 3.89. The summed E-state index contributed by atoms with van der Waals surface area (Å²) in [6, 6.07) is 7.21. The highest BCUT2D eigenvalue weighted by Gasteiger charge is 2.53. The Hall–Kier alpha value is -1.02. The predicted octanol–water partition coefficient (Wildman–Crippen LogP) is 2.90. The monoisotopic (exact) mass is 245 g/mol. The number of fused-ring (bicyclic) bond motifs is 4. The van der Waals surface area contributed by atoms with Crippen LogP contribution in [0.1, 0.15) is 38.3 Å². The molecule has 2 nitrogen and oxygen atoms in total. The van der Waals surface area contributed by atoms with Gasteiger partial charge in [-0.2, -0.15) is 0 Å². The van der Waals surface area contributed by atoms with E-state index in [1.807, 2.05) is 0 Å². The zero-order valence-corrected chi connectivity index (χ0v) is 11.8. The van der Waals surface area contributed by atoms with Gasteiger partial charge in [-0.1, -0.05) is 26.8 Å². The molecule has 1 aliphatic carbocycles. The van der Waals surface area contributed by atoms with E-state index in [0.717, 1.165) is 18.7 Å². The first-order valence-electron chi connectivity index (χ1n) is 6.90. The van der Waals surface area contributed by atoms with Gasteiger partial charge < -0.3 is 10.1 Å². The van der Waals surface area contributed by atoms with Crippen molar-refractivity contribution >= 4 is 0 Å². The molecule has 2 aliphatic rings. The molecule has 0 radical (unpaired) electrons. The Morgan fingerprint density at radius 3 is 2.78 bits per heavy atom. The quantitative estimate of drug-likeness (QED) is 0.821. The summed E-state index contributed by atoms with van der Waals surface area (Å²) in [4.78, 5) is 0. The van der Waals surface area contributed by atoms with Gasteiger partial charge in [0.2, 0.25) is 0 Å². The maximum absolute atomic E-state index is 5.37. The van der Waals surface area contributed by atoms with Gasteiger partial charge in [0.05, 0.1) is 7.11 Å². The van der Waals surface area contributed by atoms with E-state index in [1.165, 1.54) is 17.5 Å². The fraction of sp³-hybridized carbons (Fsp3) is 0.625. The van der Waals surface area contributed by atoms with E-state index >= 15 is 0 Å². The molecule has 2 atom stereocenters. The van der Waals surface area contributed by atoms with Gasteiger partial charge in [-0.25, -0.2) is 0 Å². The van der Waals surface area contributed by atoms with Gasteiger partial charge in [-0.15, -0.1) is 0 Å². The van der Waals surface area contributed by atoms with Crippen molar-refractivity contribution in [1.29, 1.82) is 0 Å². The third-order valence-corrected chi connectivity index (χ3v) is 5.64. The summed E-state index contributed by atoms with van der Waals surface area (Å²) < 4.78 is 5.37. The number of methoxy groups -OCH3 is 1. The van der Waals surface area contributed by atoms with E-state index in [0.29, 0.717) is 11.5 Å². The van der Waals surface area contributed by atoms with Crippen LogP contribution in [0.15, 0.2) is 18.2 Å². The number of benzene rings is 1. The summed E-state index contributed by atoms with van der Waals surface area (Å²) >= 11 is 0. The maximum atomic E-state index is 5.37. The molecule has 18 heavy (non-hydrogen) atoms. The summed E-state index contributed by atoms with van der Waals surface area (Å²) in [5.41, 5.74) is 3.59. The van der Waals surface area contributed by atoms with Crippen LogP contribution in [-0.4, -0.2) is 19.7 Å². The lowest BCUT2D eigenvalue weighted by Gasteiger charge is -2.57. The minimum absolute atomic E-state index is 0.281. The second-order valence-corrected chi connectivity index (χ2v) is 6.54. The molecule has 0 unspecified atom stereocenters. The van der Waals surface area contributed by atoms with Gasteiger partial charge in [0.25, 0.3) is 0 Å². The molecule has 1 saturated heterocycles. The van der Waals surface area contributed by atoms with Crippen LogP contribution >= 0.6 is 0 Å². The first kappa shape index (κ1) is 12.0. The third-order valence-electron chi connectivity index (χ3n) is 5.64. The lowest BCUT2D eigenvalue weighted by Crippen LogP contribution is -2.62. The molecule has 2 heteroatoms. The summed E-state index contributed by atoms with van der Waals surface area (Å²) in [5, 5.41) is 3.70. The van der Waals surface area contributed by atoms with Gasteiger partial charge in [0, 0.05) is 11.5 Å². The maximum Gasteiger partial charge on any atom is 0.119 e. The number of hydrogen-bond donors (Lipinski definition) is 1. The lowest BCUT2D eigenvalue weighted by molar-refractivity contribution is 0.0558.